The highest BCUT2D eigenvalue weighted by molar-refractivity contribution is 14.1. The number of nitrogens with one attached hydrogen (secondary N) is 1. The lowest BCUT2D eigenvalue weighted by Crippen LogP contribution is -2.43. The number of nitrogen functional groups attached to an aromatic ring is 3. The molecule has 3 aromatic heterocycles. The zero-order chi connectivity index (χ0) is 76.0. The Morgan fingerprint density at radius 3 is 1.30 bits per heavy atom. The number of anilines is 3. The highest BCUT2D eigenvalue weighted by atomic mass is 127. The van der Waals surface area contributed by atoms with Gasteiger partial charge < -0.3 is 126 Å². The van der Waals surface area contributed by atoms with Crippen molar-refractivity contribution >= 4 is 91.2 Å². The van der Waals surface area contributed by atoms with Crippen molar-refractivity contribution in [3.05, 3.63) is 88.9 Å². The van der Waals surface area contributed by atoms with Crippen molar-refractivity contribution < 1.29 is 140 Å². The molecule has 0 saturated carbocycles. The topological polar surface area (TPSA) is 693 Å². The fourth-order valence-electron chi connectivity index (χ4n) is 9.51. The number of aliphatic hydroxyl groups is 8. The Balaban J connectivity index is 0.000000242. The molecule has 4 saturated heterocycles. The summed E-state index contributed by atoms with van der Waals surface area (Å²) in [6.45, 7) is 17.1. The van der Waals surface area contributed by atoms with Gasteiger partial charge in [0.25, 0.3) is 0 Å². The summed E-state index contributed by atoms with van der Waals surface area (Å²) in [6.07, 6.45) is -14.9. The third-order valence-corrected chi connectivity index (χ3v) is 24.4. The summed E-state index contributed by atoms with van der Waals surface area (Å²) in [7, 11) is -20.6. The van der Waals surface area contributed by atoms with E-state index in [4.69, 9.17) is 75.3 Å². The van der Waals surface area contributed by atoms with E-state index in [0.717, 1.165) is 19.7 Å². The van der Waals surface area contributed by atoms with Crippen LogP contribution in [0.2, 0.25) is 24.2 Å². The number of carbonyl (C=O) groups is 1. The van der Waals surface area contributed by atoms with Gasteiger partial charge in [0.05, 0.1) is 38.1 Å². The van der Waals surface area contributed by atoms with Gasteiger partial charge in [-0.1, -0.05) is 53.4 Å². The predicted octanol–water partition coefficient (Wildman–Crippen LogP) is -4.22. The van der Waals surface area contributed by atoms with E-state index in [1.54, 1.807) is 13.1 Å². The highest BCUT2D eigenvalue weighted by Gasteiger charge is 2.50. The molecule has 16 atom stereocenters. The number of amidine groups is 1. The van der Waals surface area contributed by atoms with Gasteiger partial charge in [-0.25, -0.2) is 37.6 Å². The maximum Gasteiger partial charge on any atom is 0.469 e. The van der Waals surface area contributed by atoms with Gasteiger partial charge in [0.2, 0.25) is 5.91 Å². The summed E-state index contributed by atoms with van der Waals surface area (Å²) in [5.74, 6) is 0.317. The molecule has 44 nitrogen and oxygen atoms in total. The monoisotopic (exact) mass is 1640 g/mol. The van der Waals surface area contributed by atoms with Gasteiger partial charge in [0, 0.05) is 48.4 Å². The third-order valence-electron chi connectivity index (χ3n) is 16.1. The van der Waals surface area contributed by atoms with Crippen LogP contribution in [0.1, 0.15) is 70.9 Å². The Morgan fingerprint density at radius 1 is 0.600 bits per heavy atom. The van der Waals surface area contributed by atoms with Gasteiger partial charge >= 0.3 is 48.4 Å². The van der Waals surface area contributed by atoms with E-state index in [-0.39, 0.29) is 34.2 Å². The number of amides is 1. The standard InChI is InChI=1S/C17H32N3O8PSi.C14H22N3O8P.C10H16N3O8P.C9H13IN3O8P/c1-17(2,3)30(4,5)7-6-10-8-20(16(23)19-14(10)18)15-13(22)12(21)11(28-15)9-27-29(24,25)26;1-4-9-5-17(7(2)15-13(9)16-8(3)18)14-12(20)11(19)10(25-14)6-24-26(21,22)23;1-4-2-13(10(16)12-8(4)11)9-7(15)6(14)5(21-9)3-20-22(17,18)19;10-3-1-13(9(16)12-7(3)11)8-6(15)5(14)4(21-8)2-20-22(17,18)19/h8,11-13,15,21-22H,6-7,9H2,1-5H3,(H2,18,19,23)(H2,24,25,26);5,10-12,14,19-20H,2,4,6H2,1,3H3,(H,15,16,18)(H2,21,22,23);2,5-7,9,14-15H,3H2,1H3,(H2,11,12,16)(H2,17,18,19);1,4-6,8,14-15H,2H2,(H2,11,12,16)(H2,17,18,19)/t11?,12?,13-,15-;10?,11?,12-,14-;5?,6?,7-,9-;4?,5?,6-,8-/m1111/s1. The van der Waals surface area contributed by atoms with Crippen LogP contribution in [0.5, 0.6) is 0 Å². The number of aryl methyl sites for hydroxylation is 2. The number of aliphatic imine (C=N–C) groups is 1. The van der Waals surface area contributed by atoms with Crippen LogP contribution in [0.3, 0.4) is 0 Å². The Kier molecular flexibility index (Phi) is 29.7. The van der Waals surface area contributed by atoms with E-state index in [1.165, 1.54) is 30.4 Å². The summed E-state index contributed by atoms with van der Waals surface area (Å²) >= 11 is 1.82. The lowest BCUT2D eigenvalue weighted by atomic mass is 10.1. The molecule has 0 aliphatic carbocycles. The number of ether oxygens (including phenoxy) is 4. The molecule has 0 bridgehead atoms. The highest BCUT2D eigenvalue weighted by Crippen LogP contribution is 2.43. The first kappa shape index (κ1) is 86.0. The second kappa shape index (κ2) is 34.5. The minimum Gasteiger partial charge on any atom is -0.387 e. The van der Waals surface area contributed by atoms with E-state index in [9.17, 15) is 78.3 Å². The van der Waals surface area contributed by atoms with Crippen molar-refractivity contribution in [1.29, 1.82) is 0 Å². The van der Waals surface area contributed by atoms with E-state index in [2.05, 4.69) is 83.8 Å². The average Bonchev–Trinajstić information content (AvgIpc) is 1.62. The number of phosphoric acid groups is 4. The van der Waals surface area contributed by atoms with E-state index in [0.29, 0.717) is 38.9 Å². The number of hydrogen-bond acceptors (Lipinski definition) is 32. The number of rotatable bonds is 20. The van der Waals surface area contributed by atoms with Gasteiger partial charge in [-0.05, 0) is 47.4 Å². The van der Waals surface area contributed by atoms with Gasteiger partial charge in [-0.15, -0.1) is 0 Å². The van der Waals surface area contributed by atoms with Crippen LogP contribution in [-0.4, -0.2) is 239 Å². The number of hydrogen-bond donors (Lipinski definition) is 20. The Hall–Kier alpha value is -4.63. The van der Waals surface area contributed by atoms with Gasteiger partial charge in [-0.3, -0.25) is 36.6 Å². The SMILES string of the molecule is C=C1N=C(NC(C)=O)C(CC)=CN1[C@@H]1OC(COP(=O)(O)O)C(O)[C@H]1O.CC(C)(C)[Si](C)(C)CCc1cn([C@@H]2OC(COP(=O)(O)O)C(O)[C@H]2O)c(=O)nc1N.Cc1cn([C@@H]2OC(COP(=O)(O)O)C(O)[C@H]2O)c(=O)nc1N.Nc1nc(=O)n([C@@H]2OC(COP(=O)(O)O)C(O)[C@H]2O)cc1I. The van der Waals surface area contributed by atoms with E-state index in [1.807, 2.05) is 29.5 Å². The summed E-state index contributed by atoms with van der Waals surface area (Å²) < 4.78 is 85.0. The molecule has 23 N–H and O–H groups in total. The Labute approximate surface area is 581 Å². The van der Waals surface area contributed by atoms with Crippen molar-refractivity contribution in [3.8, 4) is 0 Å². The van der Waals surface area contributed by atoms with Gasteiger partial charge in [0.15, 0.2) is 24.9 Å². The smallest absolute Gasteiger partial charge is 0.387 e. The fourth-order valence-corrected chi connectivity index (χ4v) is 12.9. The molecular weight excluding hydrogens is 1560 g/mol. The van der Waals surface area contributed by atoms with Crippen LogP contribution >= 0.6 is 53.9 Å². The molecule has 5 aliphatic rings. The van der Waals surface area contributed by atoms with Crippen LogP contribution in [0, 0.1) is 10.5 Å². The van der Waals surface area contributed by atoms with Crippen LogP contribution in [-0.2, 0) is 66.5 Å². The summed E-state index contributed by atoms with van der Waals surface area (Å²) in [5.41, 5.74) is 16.3. The quantitative estimate of drug-likeness (QED) is 0.0290. The van der Waals surface area contributed by atoms with Crippen molar-refractivity contribution in [2.45, 2.75) is 177 Å². The number of aromatic nitrogens is 6. The second-order valence-corrected chi connectivity index (χ2v) is 36.3. The van der Waals surface area contributed by atoms with Crippen LogP contribution in [0.25, 0.3) is 0 Å². The molecule has 100 heavy (non-hydrogen) atoms. The first-order valence-electron chi connectivity index (χ1n) is 29.4. The van der Waals surface area contributed by atoms with Crippen LogP contribution in [0.4, 0.5) is 17.5 Å². The molecule has 3 aromatic rings. The molecular formula is C50H83IN12O32P4Si. The van der Waals surface area contributed by atoms with Gasteiger partial charge in [-0.2, -0.15) is 15.0 Å². The van der Waals surface area contributed by atoms with Crippen LogP contribution in [0.15, 0.2) is 62.1 Å². The maximum atomic E-state index is 12.4. The summed E-state index contributed by atoms with van der Waals surface area (Å²) in [4.78, 5) is 133. The molecule has 5 aliphatic heterocycles. The first-order chi connectivity index (χ1) is 45.8. The molecule has 8 rings (SSSR count). The third kappa shape index (κ3) is 23.4. The number of phosphoric ester groups is 4. The van der Waals surface area contributed by atoms with E-state index < -0.39 is 181 Å². The number of nitrogens with zero attached hydrogens (tertiary/aromatic N) is 8. The van der Waals surface area contributed by atoms with Crippen molar-refractivity contribution in [2.75, 3.05) is 43.6 Å². The number of halogens is 1. The fraction of sp³-hybridized carbons (Fsp3) is 0.640. The molecule has 4 fully saturated rings. The molecule has 1 amide bonds. The minimum absolute atomic E-state index is 0.0104. The van der Waals surface area contributed by atoms with E-state index >= 15 is 0 Å². The number of nitrogens with two attached hydrogens (primary N) is 3. The van der Waals surface area contributed by atoms with Gasteiger partial charge in [0.1, 0.15) is 102 Å². The molecule has 0 aromatic carbocycles. The zero-order valence-corrected chi connectivity index (χ0v) is 61.1. The molecule has 0 radical (unpaired) electrons. The number of aliphatic hydroxyl groups excluding tert-OH is 8. The molecule has 0 spiro atoms. The molecule has 50 heteroatoms. The van der Waals surface area contributed by atoms with Crippen molar-refractivity contribution in [2.24, 2.45) is 4.99 Å². The van der Waals surface area contributed by atoms with Crippen molar-refractivity contribution in [3.63, 3.8) is 0 Å². The molecule has 566 valence electrons. The number of carbonyl (C=O) groups excluding carboxylic acids is 1. The summed E-state index contributed by atoms with van der Waals surface area (Å²) in [5, 5.41) is 83.1. The predicted molar refractivity (Wildman–Crippen MR) is 353 cm³/mol. The zero-order valence-electron chi connectivity index (χ0n) is 54.4. The lowest BCUT2D eigenvalue weighted by molar-refractivity contribution is -0.117. The minimum atomic E-state index is -4.79. The average molecular weight is 1640 g/mol. The second-order valence-electron chi connectivity index (χ2n) is 24.4. The Morgan fingerprint density at radius 2 is 0.940 bits per heavy atom. The van der Waals surface area contributed by atoms with Crippen molar-refractivity contribution in [1.82, 2.24) is 38.9 Å². The maximum absolute atomic E-state index is 12.4. The largest absolute Gasteiger partial charge is 0.469 e. The normalized spacial score (nSPS) is 28.1. The van der Waals surface area contributed by atoms with Crippen LogP contribution < -0.4 is 39.6 Å². The Bertz CT molecular complexity index is 3730. The first-order valence-corrected chi connectivity index (χ1v) is 39.9. The molecule has 8 heterocycles. The molecule has 8 unspecified atom stereocenters. The summed E-state index contributed by atoms with van der Waals surface area (Å²) in [6, 6.07) is 0.899. The lowest BCUT2D eigenvalue weighted by Gasteiger charge is -2.37.